The Morgan fingerprint density at radius 3 is 2.50 bits per heavy atom. The number of fused-ring (bicyclic) bond motifs is 1. The van der Waals surface area contributed by atoms with Gasteiger partial charge < -0.3 is 20.9 Å². The number of urea groups is 1. The maximum Gasteiger partial charge on any atom is 0.319 e. The van der Waals surface area contributed by atoms with E-state index in [9.17, 15) is 9.59 Å². The number of hydrogen-bond donors (Lipinski definition) is 3. The van der Waals surface area contributed by atoms with Gasteiger partial charge in [-0.3, -0.25) is 9.78 Å². The molecule has 0 saturated carbocycles. The van der Waals surface area contributed by atoms with E-state index >= 15 is 0 Å². The van der Waals surface area contributed by atoms with Crippen molar-refractivity contribution in [3.8, 4) is 0 Å². The highest BCUT2D eigenvalue weighted by Crippen LogP contribution is 2.22. The second-order valence-electron chi connectivity index (χ2n) is 9.97. The Morgan fingerprint density at radius 1 is 1.06 bits per heavy atom. The minimum Gasteiger partial charge on any atom is -0.353 e. The number of aryl methyl sites for hydroxylation is 1. The highest BCUT2D eigenvalue weighted by molar-refractivity contribution is 6.00. The molecule has 0 atom stereocenters. The number of amides is 3. The van der Waals surface area contributed by atoms with E-state index in [0.29, 0.717) is 18.9 Å². The molecule has 190 valence electrons. The number of carbonyl (C=O) groups excluding carboxylic acids is 2. The van der Waals surface area contributed by atoms with Gasteiger partial charge in [-0.15, -0.1) is 0 Å². The molecule has 2 heterocycles. The first kappa shape index (κ1) is 25.6. The lowest BCUT2D eigenvalue weighted by Gasteiger charge is -2.32. The molecule has 1 aromatic heterocycles. The second-order valence-corrected chi connectivity index (χ2v) is 9.97. The van der Waals surface area contributed by atoms with Crippen molar-refractivity contribution in [1.29, 1.82) is 0 Å². The first-order valence-corrected chi connectivity index (χ1v) is 12.9. The monoisotopic (exact) mass is 487 g/mol. The number of anilines is 1. The standard InChI is InChI=1S/C29H37N5O2/c1-20(2)23-10-8-22(9-11-23)19-28(35)32-24-12-15-34(16-13-24)17-14-30-29(36)33-27-18-21(3)31-26-7-5-4-6-25(26)27/h4-11,18,20,24H,12-17,19H2,1-3H3,(H,32,35)(H2,30,31,33,36). The molecule has 3 N–H and O–H groups in total. The molecule has 1 aliphatic rings. The molecule has 0 spiro atoms. The van der Waals surface area contributed by atoms with Crippen molar-refractivity contribution in [2.45, 2.75) is 52.0 Å². The van der Waals surface area contributed by atoms with Gasteiger partial charge in [0.1, 0.15) is 0 Å². The zero-order chi connectivity index (χ0) is 25.5. The molecule has 0 radical (unpaired) electrons. The van der Waals surface area contributed by atoms with Crippen molar-refractivity contribution in [3.05, 3.63) is 71.4 Å². The van der Waals surface area contributed by atoms with Crippen LogP contribution in [0.2, 0.25) is 0 Å². The SMILES string of the molecule is Cc1cc(NC(=O)NCCN2CCC(NC(=O)Cc3ccc(C(C)C)cc3)CC2)c2ccccc2n1. The Balaban J connectivity index is 1.15. The Bertz CT molecular complexity index is 1180. The number of aromatic nitrogens is 1. The van der Waals surface area contributed by atoms with Crippen molar-refractivity contribution in [1.82, 2.24) is 20.5 Å². The summed E-state index contributed by atoms with van der Waals surface area (Å²) in [5.74, 6) is 0.580. The van der Waals surface area contributed by atoms with Gasteiger partial charge in [-0.1, -0.05) is 56.3 Å². The predicted octanol–water partition coefficient (Wildman–Crippen LogP) is 4.61. The van der Waals surface area contributed by atoms with Crippen molar-refractivity contribution in [2.75, 3.05) is 31.5 Å². The first-order valence-electron chi connectivity index (χ1n) is 12.9. The third-order valence-corrected chi connectivity index (χ3v) is 6.77. The highest BCUT2D eigenvalue weighted by atomic mass is 16.2. The van der Waals surface area contributed by atoms with E-state index in [4.69, 9.17) is 0 Å². The van der Waals surface area contributed by atoms with Gasteiger partial charge >= 0.3 is 6.03 Å². The normalized spacial score (nSPS) is 14.7. The molecule has 4 rings (SSSR count). The molecule has 0 bridgehead atoms. The van der Waals surface area contributed by atoms with Crippen molar-refractivity contribution in [3.63, 3.8) is 0 Å². The first-order chi connectivity index (χ1) is 17.4. The summed E-state index contributed by atoms with van der Waals surface area (Å²) in [6.45, 7) is 9.43. The molecule has 7 nitrogen and oxygen atoms in total. The van der Waals surface area contributed by atoms with Crippen LogP contribution in [-0.4, -0.2) is 54.0 Å². The van der Waals surface area contributed by atoms with Crippen LogP contribution in [0.3, 0.4) is 0 Å². The van der Waals surface area contributed by atoms with Crippen LogP contribution in [0.25, 0.3) is 10.9 Å². The van der Waals surface area contributed by atoms with Crippen LogP contribution in [0.1, 0.15) is 49.4 Å². The van der Waals surface area contributed by atoms with Crippen LogP contribution < -0.4 is 16.0 Å². The lowest BCUT2D eigenvalue weighted by atomic mass is 10.0. The van der Waals surface area contributed by atoms with Crippen LogP contribution in [0, 0.1) is 6.92 Å². The zero-order valence-electron chi connectivity index (χ0n) is 21.5. The number of nitrogens with zero attached hydrogens (tertiary/aromatic N) is 2. The summed E-state index contributed by atoms with van der Waals surface area (Å²) in [4.78, 5) is 31.8. The summed E-state index contributed by atoms with van der Waals surface area (Å²) in [6.07, 6.45) is 2.27. The van der Waals surface area contributed by atoms with Gasteiger partial charge in [-0.05, 0) is 48.9 Å². The lowest BCUT2D eigenvalue weighted by Crippen LogP contribution is -2.47. The maximum atomic E-state index is 12.5. The van der Waals surface area contributed by atoms with E-state index in [0.717, 1.165) is 60.3 Å². The van der Waals surface area contributed by atoms with Gasteiger partial charge in [-0.2, -0.15) is 0 Å². The predicted molar refractivity (Wildman–Crippen MR) is 145 cm³/mol. The van der Waals surface area contributed by atoms with Crippen LogP contribution in [-0.2, 0) is 11.2 Å². The summed E-state index contributed by atoms with van der Waals surface area (Å²) < 4.78 is 0. The number of piperidine rings is 1. The average molecular weight is 488 g/mol. The van der Waals surface area contributed by atoms with Gasteiger partial charge in [0.15, 0.2) is 0 Å². The lowest BCUT2D eigenvalue weighted by molar-refractivity contribution is -0.121. The van der Waals surface area contributed by atoms with E-state index in [1.54, 1.807) is 0 Å². The van der Waals surface area contributed by atoms with Crippen LogP contribution in [0.5, 0.6) is 0 Å². The van der Waals surface area contributed by atoms with Crippen molar-refractivity contribution in [2.24, 2.45) is 0 Å². The number of benzene rings is 2. The highest BCUT2D eigenvalue weighted by Gasteiger charge is 2.20. The summed E-state index contributed by atoms with van der Waals surface area (Å²) in [5, 5.41) is 10.0. The fraction of sp³-hybridized carbons (Fsp3) is 0.414. The van der Waals surface area contributed by atoms with E-state index in [-0.39, 0.29) is 18.0 Å². The van der Waals surface area contributed by atoms with Gasteiger partial charge in [0.05, 0.1) is 17.6 Å². The number of likely N-dealkylation sites (tertiary alicyclic amines) is 1. The van der Waals surface area contributed by atoms with Gasteiger partial charge in [0.25, 0.3) is 0 Å². The Hall–Kier alpha value is -3.45. The molecule has 2 aromatic carbocycles. The molecule has 0 aliphatic carbocycles. The molecule has 1 aliphatic heterocycles. The minimum atomic E-state index is -0.214. The molecule has 7 heteroatoms. The zero-order valence-corrected chi connectivity index (χ0v) is 21.5. The molecule has 1 saturated heterocycles. The van der Waals surface area contributed by atoms with Crippen LogP contribution in [0.4, 0.5) is 10.5 Å². The fourth-order valence-corrected chi connectivity index (χ4v) is 4.69. The smallest absolute Gasteiger partial charge is 0.319 e. The van der Waals surface area contributed by atoms with Crippen LogP contribution >= 0.6 is 0 Å². The van der Waals surface area contributed by atoms with Crippen LogP contribution in [0.15, 0.2) is 54.6 Å². The van der Waals surface area contributed by atoms with E-state index in [1.807, 2.05) is 37.3 Å². The molecule has 3 amide bonds. The molecular weight excluding hydrogens is 450 g/mol. The fourth-order valence-electron chi connectivity index (χ4n) is 4.69. The third-order valence-electron chi connectivity index (χ3n) is 6.77. The summed E-state index contributed by atoms with van der Waals surface area (Å²) in [5.41, 5.74) is 4.84. The van der Waals surface area contributed by atoms with Gasteiger partial charge in [-0.25, -0.2) is 4.79 Å². The Kier molecular flexibility index (Phi) is 8.54. The van der Waals surface area contributed by atoms with Gasteiger partial charge in [0.2, 0.25) is 5.91 Å². The molecule has 1 fully saturated rings. The average Bonchev–Trinajstić information content (AvgIpc) is 2.85. The Labute approximate surface area is 213 Å². The number of hydrogen-bond acceptors (Lipinski definition) is 4. The van der Waals surface area contributed by atoms with Crippen molar-refractivity contribution < 1.29 is 9.59 Å². The number of carbonyl (C=O) groups is 2. The number of pyridine rings is 1. The largest absolute Gasteiger partial charge is 0.353 e. The van der Waals surface area contributed by atoms with Crippen molar-refractivity contribution >= 4 is 28.5 Å². The summed E-state index contributed by atoms with van der Waals surface area (Å²) in [7, 11) is 0. The number of nitrogens with one attached hydrogen (secondary N) is 3. The Morgan fingerprint density at radius 2 is 1.78 bits per heavy atom. The van der Waals surface area contributed by atoms with E-state index < -0.39 is 0 Å². The summed E-state index contributed by atoms with van der Waals surface area (Å²) >= 11 is 0. The van der Waals surface area contributed by atoms with Gasteiger partial charge in [0, 0.05) is 43.3 Å². The quantitative estimate of drug-likeness (QED) is 0.433. The number of rotatable bonds is 8. The second kappa shape index (κ2) is 12.0. The molecule has 0 unspecified atom stereocenters. The van der Waals surface area contributed by atoms with E-state index in [1.165, 1.54) is 5.56 Å². The third kappa shape index (κ3) is 7.04. The topological polar surface area (TPSA) is 86.4 Å². The maximum absolute atomic E-state index is 12.5. The minimum absolute atomic E-state index is 0.0861. The summed E-state index contributed by atoms with van der Waals surface area (Å²) in [6, 6.07) is 18.0. The van der Waals surface area contributed by atoms with E-state index in [2.05, 4.69) is 63.9 Å². The molecule has 36 heavy (non-hydrogen) atoms. The molecular formula is C29H37N5O2. The molecule has 3 aromatic rings. The number of para-hydroxylation sites is 1.